The van der Waals surface area contributed by atoms with Gasteiger partial charge in [0.1, 0.15) is 0 Å². The number of hydrogen-bond donors (Lipinski definition) is 1. The van der Waals surface area contributed by atoms with Crippen molar-refractivity contribution < 1.29 is 4.39 Å². The molecule has 0 amide bonds. The molecular weight excluding hydrogens is 280 g/mol. The van der Waals surface area contributed by atoms with Gasteiger partial charge in [-0.05, 0) is 40.4 Å². The number of hydrogen-bond acceptors (Lipinski definition) is 1. The van der Waals surface area contributed by atoms with Crippen LogP contribution in [0.3, 0.4) is 0 Å². The van der Waals surface area contributed by atoms with Gasteiger partial charge in [-0.3, -0.25) is 0 Å². The molecule has 1 nitrogen and oxygen atoms in total. The molecule has 1 aliphatic carbocycles. The molecule has 0 spiro atoms. The third-order valence-corrected chi connectivity index (χ3v) is 4.13. The van der Waals surface area contributed by atoms with Crippen LogP contribution < -0.4 is 5.73 Å². The Morgan fingerprint density at radius 2 is 1.93 bits per heavy atom. The van der Waals surface area contributed by atoms with Crippen LogP contribution in [0.15, 0.2) is 16.6 Å². The van der Waals surface area contributed by atoms with Gasteiger partial charge < -0.3 is 5.73 Å². The number of halogens is 3. The Bertz CT molecular complexity index is 388. The van der Waals surface area contributed by atoms with E-state index in [9.17, 15) is 4.39 Å². The van der Waals surface area contributed by atoms with E-state index in [0.717, 1.165) is 31.2 Å². The Kier molecular flexibility index (Phi) is 3.06. The lowest BCUT2D eigenvalue weighted by molar-refractivity contribution is 0.454. The van der Waals surface area contributed by atoms with E-state index in [2.05, 4.69) is 15.9 Å². The molecular formula is C11H12BrClFN. The van der Waals surface area contributed by atoms with Crippen LogP contribution >= 0.6 is 27.5 Å². The first kappa shape index (κ1) is 11.4. The topological polar surface area (TPSA) is 26.0 Å². The molecule has 0 aromatic heterocycles. The van der Waals surface area contributed by atoms with Crippen LogP contribution in [0, 0.1) is 5.82 Å². The SMILES string of the molecule is NC1(c2ccc(Cl)c(F)c2Br)CCCC1. The van der Waals surface area contributed by atoms with E-state index in [0.29, 0.717) is 4.47 Å². The number of benzene rings is 1. The standard InChI is InChI=1S/C11H12BrClFN/c12-9-7(3-4-8(13)10(9)14)11(15)5-1-2-6-11/h3-4H,1-2,5-6,15H2. The van der Waals surface area contributed by atoms with E-state index in [4.69, 9.17) is 17.3 Å². The molecule has 0 radical (unpaired) electrons. The van der Waals surface area contributed by atoms with Crippen LogP contribution in [0.25, 0.3) is 0 Å². The van der Waals surface area contributed by atoms with E-state index >= 15 is 0 Å². The molecule has 15 heavy (non-hydrogen) atoms. The summed E-state index contributed by atoms with van der Waals surface area (Å²) in [6.07, 6.45) is 4.03. The summed E-state index contributed by atoms with van der Waals surface area (Å²) in [4.78, 5) is 0. The molecule has 1 fully saturated rings. The summed E-state index contributed by atoms with van der Waals surface area (Å²) in [7, 11) is 0. The highest BCUT2D eigenvalue weighted by molar-refractivity contribution is 9.10. The van der Waals surface area contributed by atoms with Gasteiger partial charge in [0.05, 0.1) is 9.50 Å². The molecule has 4 heteroatoms. The first-order valence-electron chi connectivity index (χ1n) is 4.97. The average molecular weight is 293 g/mol. The predicted molar refractivity (Wildman–Crippen MR) is 63.4 cm³/mol. The second kappa shape index (κ2) is 4.04. The van der Waals surface area contributed by atoms with Gasteiger partial charge in [-0.25, -0.2) is 4.39 Å². The smallest absolute Gasteiger partial charge is 0.156 e. The van der Waals surface area contributed by atoms with Crippen molar-refractivity contribution in [3.63, 3.8) is 0 Å². The van der Waals surface area contributed by atoms with Gasteiger partial charge in [-0.2, -0.15) is 0 Å². The van der Waals surface area contributed by atoms with Crippen LogP contribution in [0.2, 0.25) is 5.02 Å². The molecule has 2 N–H and O–H groups in total. The van der Waals surface area contributed by atoms with Crippen molar-refractivity contribution in [2.75, 3.05) is 0 Å². The van der Waals surface area contributed by atoms with Crippen molar-refractivity contribution in [1.29, 1.82) is 0 Å². The van der Waals surface area contributed by atoms with Crippen LogP contribution in [0.5, 0.6) is 0 Å². The van der Waals surface area contributed by atoms with Gasteiger partial charge in [0.15, 0.2) is 5.82 Å². The molecule has 0 aliphatic heterocycles. The summed E-state index contributed by atoms with van der Waals surface area (Å²) in [5.41, 5.74) is 6.71. The molecule has 1 aromatic carbocycles. The summed E-state index contributed by atoms with van der Waals surface area (Å²) in [6.45, 7) is 0. The van der Waals surface area contributed by atoms with Gasteiger partial charge in [-0.1, -0.05) is 30.5 Å². The Hall–Kier alpha value is -0.120. The Balaban J connectivity index is 2.49. The zero-order valence-electron chi connectivity index (χ0n) is 8.19. The lowest BCUT2D eigenvalue weighted by Gasteiger charge is -2.25. The minimum absolute atomic E-state index is 0.132. The minimum atomic E-state index is -0.411. The van der Waals surface area contributed by atoms with Crippen LogP contribution in [0.1, 0.15) is 31.2 Å². The first-order valence-corrected chi connectivity index (χ1v) is 6.14. The van der Waals surface area contributed by atoms with Crippen molar-refractivity contribution in [2.24, 2.45) is 5.73 Å². The molecule has 0 unspecified atom stereocenters. The fourth-order valence-electron chi connectivity index (χ4n) is 2.19. The van der Waals surface area contributed by atoms with Gasteiger partial charge in [0.25, 0.3) is 0 Å². The van der Waals surface area contributed by atoms with Crippen molar-refractivity contribution in [2.45, 2.75) is 31.2 Å². The molecule has 1 aromatic rings. The monoisotopic (exact) mass is 291 g/mol. The second-order valence-electron chi connectivity index (χ2n) is 4.09. The Morgan fingerprint density at radius 1 is 1.33 bits per heavy atom. The maximum atomic E-state index is 13.6. The van der Waals surface area contributed by atoms with Crippen molar-refractivity contribution in [1.82, 2.24) is 0 Å². The lowest BCUT2D eigenvalue weighted by atomic mass is 9.89. The third kappa shape index (κ3) is 1.93. The van der Waals surface area contributed by atoms with Gasteiger partial charge in [0, 0.05) is 5.54 Å². The highest BCUT2D eigenvalue weighted by Gasteiger charge is 2.33. The Labute approximate surface area is 102 Å². The normalized spacial score (nSPS) is 19.5. The molecule has 0 bridgehead atoms. The highest BCUT2D eigenvalue weighted by atomic mass is 79.9. The summed E-state index contributed by atoms with van der Waals surface area (Å²) in [5.74, 6) is -0.411. The van der Waals surface area contributed by atoms with E-state index < -0.39 is 5.82 Å². The van der Waals surface area contributed by atoms with Crippen molar-refractivity contribution >= 4 is 27.5 Å². The number of rotatable bonds is 1. The summed E-state index contributed by atoms with van der Waals surface area (Å²) >= 11 is 8.93. The quantitative estimate of drug-likeness (QED) is 0.779. The first-order chi connectivity index (χ1) is 7.04. The largest absolute Gasteiger partial charge is 0.321 e. The van der Waals surface area contributed by atoms with E-state index in [1.807, 2.05) is 6.07 Å². The van der Waals surface area contributed by atoms with Crippen LogP contribution in [-0.2, 0) is 5.54 Å². The van der Waals surface area contributed by atoms with Crippen LogP contribution in [-0.4, -0.2) is 0 Å². The fraction of sp³-hybridized carbons (Fsp3) is 0.455. The highest BCUT2D eigenvalue weighted by Crippen LogP contribution is 2.41. The zero-order valence-corrected chi connectivity index (χ0v) is 10.5. The maximum Gasteiger partial charge on any atom is 0.156 e. The van der Waals surface area contributed by atoms with Gasteiger partial charge in [0.2, 0.25) is 0 Å². The molecule has 1 aliphatic rings. The van der Waals surface area contributed by atoms with Crippen molar-refractivity contribution in [3.8, 4) is 0 Å². The second-order valence-corrected chi connectivity index (χ2v) is 5.29. The summed E-state index contributed by atoms with van der Waals surface area (Å²) < 4.78 is 14.0. The van der Waals surface area contributed by atoms with Crippen LogP contribution in [0.4, 0.5) is 4.39 Å². The predicted octanol–water partition coefficient (Wildman–Crippen LogP) is 3.97. The average Bonchev–Trinajstić information content (AvgIpc) is 2.62. The Morgan fingerprint density at radius 3 is 2.53 bits per heavy atom. The van der Waals surface area contributed by atoms with Gasteiger partial charge >= 0.3 is 0 Å². The minimum Gasteiger partial charge on any atom is -0.321 e. The number of nitrogens with two attached hydrogens (primary N) is 1. The summed E-state index contributed by atoms with van der Waals surface area (Å²) in [5, 5.41) is 0.132. The summed E-state index contributed by atoms with van der Waals surface area (Å²) in [6, 6.07) is 3.39. The third-order valence-electron chi connectivity index (χ3n) is 3.07. The lowest BCUT2D eigenvalue weighted by Crippen LogP contribution is -2.33. The van der Waals surface area contributed by atoms with E-state index in [-0.39, 0.29) is 10.6 Å². The van der Waals surface area contributed by atoms with Crippen molar-refractivity contribution in [3.05, 3.63) is 33.0 Å². The molecule has 1 saturated carbocycles. The van der Waals surface area contributed by atoms with E-state index in [1.54, 1.807) is 6.07 Å². The maximum absolute atomic E-state index is 13.6. The molecule has 0 saturated heterocycles. The molecule has 82 valence electrons. The molecule has 2 rings (SSSR count). The molecule has 0 atom stereocenters. The fourth-order valence-corrected chi connectivity index (χ4v) is 3.20. The van der Waals surface area contributed by atoms with E-state index in [1.165, 1.54) is 0 Å². The molecule has 0 heterocycles. The zero-order chi connectivity index (χ0) is 11.1. The van der Waals surface area contributed by atoms with Gasteiger partial charge in [-0.15, -0.1) is 0 Å².